The largest absolute Gasteiger partial charge is 0.444 e. The first-order chi connectivity index (χ1) is 15.7. The minimum absolute atomic E-state index is 0.000230. The van der Waals surface area contributed by atoms with Gasteiger partial charge in [-0.05, 0) is 31.8 Å². The van der Waals surface area contributed by atoms with Gasteiger partial charge < -0.3 is 9.47 Å². The number of rotatable bonds is 4. The number of nitrogens with zero attached hydrogens (tertiary/aromatic N) is 6. The first-order valence-electron chi connectivity index (χ1n) is 9.39. The first kappa shape index (κ1) is 19.2. The molecule has 0 aliphatic carbocycles. The predicted octanol–water partition coefficient (Wildman–Crippen LogP) is 3.72. The molecule has 0 bridgehead atoms. The van der Waals surface area contributed by atoms with Gasteiger partial charge in [-0.3, -0.25) is 0 Å². The Bertz CT molecular complexity index is 1110. The highest BCUT2D eigenvalue weighted by Crippen LogP contribution is 2.44. The lowest BCUT2D eigenvalue weighted by Crippen LogP contribution is -2.37. The van der Waals surface area contributed by atoms with Crippen LogP contribution in [0.4, 0.5) is 32.9 Å². The minimum atomic E-state index is -0.833. The maximum atomic E-state index is 12.8. The van der Waals surface area contributed by atoms with E-state index in [1.165, 1.54) is 0 Å². The lowest BCUT2D eigenvalue weighted by atomic mass is 10.2. The monoisotopic (exact) mass is 434 g/mol. The number of benzene rings is 2. The summed E-state index contributed by atoms with van der Waals surface area (Å²) in [6.45, 7) is 0.000460. The summed E-state index contributed by atoms with van der Waals surface area (Å²) in [5.74, 6) is -0.489. The summed E-state index contributed by atoms with van der Waals surface area (Å²) in [5.41, 5.74) is 1.56. The van der Waals surface area contributed by atoms with Crippen molar-refractivity contribution in [1.82, 2.24) is 20.6 Å². The van der Waals surface area contributed by atoms with Crippen molar-refractivity contribution in [3.63, 3.8) is 0 Å². The highest BCUT2D eigenvalue weighted by Gasteiger charge is 2.45. The number of ether oxygens (including phenoxy) is 2. The van der Waals surface area contributed by atoms with E-state index in [1.807, 2.05) is 36.4 Å². The molecule has 2 amide bonds. The van der Waals surface area contributed by atoms with Gasteiger partial charge in [-0.1, -0.05) is 60.7 Å². The van der Waals surface area contributed by atoms with Gasteiger partial charge in [0.25, 0.3) is 0 Å². The Morgan fingerprint density at radius 1 is 0.625 bits per heavy atom. The highest BCUT2D eigenvalue weighted by atomic mass is 16.6. The second kappa shape index (κ2) is 8.18. The molecular weight excluding hydrogens is 420 g/mol. The summed E-state index contributed by atoms with van der Waals surface area (Å²) in [6, 6.07) is 18.2. The van der Waals surface area contributed by atoms with E-state index in [9.17, 15) is 9.59 Å². The third kappa shape index (κ3) is 3.49. The average Bonchev–Trinajstić information content (AvgIpc) is 3.50. The molecule has 0 N–H and O–H groups in total. The third-order valence-corrected chi connectivity index (χ3v) is 4.53. The molecule has 160 valence electrons. The van der Waals surface area contributed by atoms with Crippen molar-refractivity contribution in [2.75, 3.05) is 9.80 Å². The lowest BCUT2D eigenvalue weighted by molar-refractivity contribution is 0.147. The lowest BCUT2D eigenvalue weighted by Gasteiger charge is -2.26. The highest BCUT2D eigenvalue weighted by molar-refractivity contribution is 6.09. The van der Waals surface area contributed by atoms with Gasteiger partial charge >= 0.3 is 12.2 Å². The summed E-state index contributed by atoms with van der Waals surface area (Å²) < 4.78 is 20.2. The molecule has 1 aliphatic heterocycles. The number of fused-ring (bicyclic) bond motifs is 2. The molecule has 0 saturated carbocycles. The van der Waals surface area contributed by atoms with E-state index < -0.39 is 12.2 Å². The van der Waals surface area contributed by atoms with Crippen LogP contribution in [-0.4, -0.2) is 32.8 Å². The average molecular weight is 434 g/mol. The number of amides is 2. The fourth-order valence-electron chi connectivity index (χ4n) is 3.04. The molecule has 0 saturated heterocycles. The molecule has 4 aromatic rings. The van der Waals surface area contributed by atoms with E-state index in [0.29, 0.717) is 0 Å². The Morgan fingerprint density at radius 3 is 1.31 bits per heavy atom. The molecule has 0 fully saturated rings. The minimum Gasteiger partial charge on any atom is -0.444 e. The third-order valence-electron chi connectivity index (χ3n) is 4.53. The zero-order valence-electron chi connectivity index (χ0n) is 16.3. The zero-order valence-corrected chi connectivity index (χ0v) is 16.3. The van der Waals surface area contributed by atoms with Crippen LogP contribution in [-0.2, 0) is 22.7 Å². The van der Waals surface area contributed by atoms with E-state index in [2.05, 4.69) is 20.6 Å². The van der Waals surface area contributed by atoms with Crippen molar-refractivity contribution in [1.29, 1.82) is 0 Å². The number of carbonyl (C=O) groups is 2. The molecule has 2 aromatic heterocycles. The molecule has 32 heavy (non-hydrogen) atoms. The summed E-state index contributed by atoms with van der Waals surface area (Å²) in [4.78, 5) is 27.6. The van der Waals surface area contributed by atoms with Crippen LogP contribution in [0.1, 0.15) is 11.1 Å². The molecule has 0 unspecified atom stereocenters. The topological polar surface area (TPSA) is 137 Å². The van der Waals surface area contributed by atoms with E-state index in [4.69, 9.17) is 18.7 Å². The normalized spacial score (nSPS) is 12.1. The van der Waals surface area contributed by atoms with Crippen LogP contribution in [0.5, 0.6) is 0 Å². The van der Waals surface area contributed by atoms with Gasteiger partial charge in [0.1, 0.15) is 13.2 Å². The van der Waals surface area contributed by atoms with Gasteiger partial charge in [0.15, 0.2) is 0 Å². The molecule has 12 heteroatoms. The molecule has 5 rings (SSSR count). The second-order valence-corrected chi connectivity index (χ2v) is 6.57. The van der Waals surface area contributed by atoms with E-state index in [0.717, 1.165) is 20.9 Å². The molecule has 1 aliphatic rings. The van der Waals surface area contributed by atoms with Gasteiger partial charge in [-0.15, -0.1) is 0 Å². The molecule has 0 spiro atoms. The number of carbonyl (C=O) groups excluding carboxylic acids is 2. The smallest absolute Gasteiger partial charge is 0.422 e. The molecule has 0 atom stereocenters. The maximum absolute atomic E-state index is 12.8. The summed E-state index contributed by atoms with van der Waals surface area (Å²) >= 11 is 0. The Balaban J connectivity index is 1.39. The number of anilines is 4. The molecule has 12 nitrogen and oxygen atoms in total. The fourth-order valence-corrected chi connectivity index (χ4v) is 3.04. The second-order valence-electron chi connectivity index (χ2n) is 6.57. The van der Waals surface area contributed by atoms with Gasteiger partial charge in [-0.25, -0.2) is 18.8 Å². The zero-order chi connectivity index (χ0) is 21.9. The Kier molecular flexibility index (Phi) is 4.92. The molecule has 3 heterocycles. The van der Waals surface area contributed by atoms with E-state index in [1.54, 1.807) is 24.3 Å². The number of aromatic nitrogens is 4. The molecular formula is C20H14N6O6. The predicted molar refractivity (Wildman–Crippen MR) is 106 cm³/mol. The van der Waals surface area contributed by atoms with E-state index in [-0.39, 0.29) is 36.5 Å². The van der Waals surface area contributed by atoms with Crippen molar-refractivity contribution >= 4 is 35.5 Å². The number of hydrogen-bond acceptors (Lipinski definition) is 10. The Labute approximate surface area is 179 Å². The Morgan fingerprint density at radius 2 is 0.969 bits per heavy atom. The van der Waals surface area contributed by atoms with Crippen LogP contribution in [0.25, 0.3) is 0 Å². The van der Waals surface area contributed by atoms with Gasteiger partial charge in [0, 0.05) is 0 Å². The first-order valence-corrected chi connectivity index (χ1v) is 9.39. The van der Waals surface area contributed by atoms with Crippen LogP contribution in [0.3, 0.4) is 0 Å². The molecule has 0 radical (unpaired) electrons. The van der Waals surface area contributed by atoms with Crippen molar-refractivity contribution in [2.24, 2.45) is 0 Å². The SMILES string of the molecule is O=C(OCc1ccccc1)N1c2nonc2N(C(=O)OCc2ccccc2)c2nonc21. The van der Waals surface area contributed by atoms with Crippen molar-refractivity contribution in [3.8, 4) is 0 Å². The summed E-state index contributed by atoms with van der Waals surface area (Å²) in [5, 5.41) is 14.9. The fraction of sp³-hybridized carbons (Fsp3) is 0.100. The molecule has 2 aromatic carbocycles. The number of hydrogen-bond donors (Lipinski definition) is 0. The van der Waals surface area contributed by atoms with Crippen LogP contribution in [0.2, 0.25) is 0 Å². The van der Waals surface area contributed by atoms with Crippen molar-refractivity contribution < 1.29 is 28.3 Å². The van der Waals surface area contributed by atoms with Crippen LogP contribution < -0.4 is 9.80 Å². The van der Waals surface area contributed by atoms with Crippen LogP contribution >= 0.6 is 0 Å². The van der Waals surface area contributed by atoms with Gasteiger partial charge in [0.05, 0.1) is 0 Å². The van der Waals surface area contributed by atoms with Crippen LogP contribution in [0.15, 0.2) is 69.9 Å². The van der Waals surface area contributed by atoms with Crippen molar-refractivity contribution in [2.45, 2.75) is 13.2 Å². The standard InChI is InChI=1S/C20H14N6O6/c27-19(29-11-13-7-3-1-4-8-13)25-15-17(23-31-21-15)26(18-16(25)22-32-24-18)20(28)30-12-14-9-5-2-6-10-14/h1-10H,11-12H2. The van der Waals surface area contributed by atoms with Gasteiger partial charge in [-0.2, -0.15) is 9.80 Å². The van der Waals surface area contributed by atoms with E-state index >= 15 is 0 Å². The summed E-state index contributed by atoms with van der Waals surface area (Å²) in [7, 11) is 0. The summed E-state index contributed by atoms with van der Waals surface area (Å²) in [6.07, 6.45) is -1.67. The Hall–Kier alpha value is -4.74. The van der Waals surface area contributed by atoms with Crippen molar-refractivity contribution in [3.05, 3.63) is 71.8 Å². The maximum Gasteiger partial charge on any atom is 0.422 e. The van der Waals surface area contributed by atoms with Crippen LogP contribution in [0, 0.1) is 0 Å². The quantitative estimate of drug-likeness (QED) is 0.467. The van der Waals surface area contributed by atoms with Gasteiger partial charge in [0.2, 0.25) is 23.3 Å².